The third-order valence-electron chi connectivity index (χ3n) is 2.77. The number of nitrogens with two attached hydrogens (primary N) is 1. The van der Waals surface area contributed by atoms with E-state index in [9.17, 15) is 4.79 Å². The summed E-state index contributed by atoms with van der Waals surface area (Å²) < 4.78 is 0. The molecule has 0 spiro atoms. The number of primary amides is 1. The van der Waals surface area contributed by atoms with E-state index in [0.29, 0.717) is 12.1 Å². The first-order chi connectivity index (χ1) is 7.25. The van der Waals surface area contributed by atoms with Gasteiger partial charge < -0.3 is 10.7 Å². The van der Waals surface area contributed by atoms with Gasteiger partial charge in [-0.1, -0.05) is 0 Å². The number of aliphatic imine (C=N–C) groups is 2. The predicted molar refractivity (Wildman–Crippen MR) is 54.0 cm³/mol. The van der Waals surface area contributed by atoms with Crippen molar-refractivity contribution in [3.63, 3.8) is 0 Å². The summed E-state index contributed by atoms with van der Waals surface area (Å²) in [5, 5.41) is 0. The summed E-state index contributed by atoms with van der Waals surface area (Å²) in [5.74, 6) is -0.365. The van der Waals surface area contributed by atoms with Crippen LogP contribution >= 0.6 is 0 Å². The Morgan fingerprint density at radius 3 is 3.27 bits per heavy atom. The van der Waals surface area contributed by atoms with Gasteiger partial charge in [-0.05, 0) is 0 Å². The molecule has 2 aliphatic rings. The highest BCUT2D eigenvalue weighted by atomic mass is 16.1. The SMILES string of the molecule is NC(=O)C1=NC2N=Cc3nc[nH]c3C2C1. The molecule has 1 aromatic heterocycles. The zero-order chi connectivity index (χ0) is 10.4. The lowest BCUT2D eigenvalue weighted by atomic mass is 9.96. The zero-order valence-electron chi connectivity index (χ0n) is 7.84. The van der Waals surface area contributed by atoms with E-state index in [2.05, 4.69) is 20.0 Å². The van der Waals surface area contributed by atoms with Gasteiger partial charge in [-0.2, -0.15) is 0 Å². The molecule has 3 N–H and O–H groups in total. The van der Waals surface area contributed by atoms with E-state index >= 15 is 0 Å². The number of imidazole rings is 1. The minimum Gasteiger partial charge on any atom is -0.365 e. The molecule has 0 bridgehead atoms. The maximum Gasteiger partial charge on any atom is 0.262 e. The van der Waals surface area contributed by atoms with Crippen molar-refractivity contribution >= 4 is 17.8 Å². The van der Waals surface area contributed by atoms with E-state index < -0.39 is 5.91 Å². The van der Waals surface area contributed by atoms with E-state index in [1.165, 1.54) is 0 Å². The summed E-state index contributed by atoms with van der Waals surface area (Å²) in [4.78, 5) is 26.6. The average molecular weight is 203 g/mol. The quantitative estimate of drug-likeness (QED) is 0.648. The number of carbonyl (C=O) groups excluding carboxylic acids is 1. The molecule has 2 atom stereocenters. The van der Waals surface area contributed by atoms with Gasteiger partial charge >= 0.3 is 0 Å². The zero-order valence-corrected chi connectivity index (χ0v) is 7.84. The van der Waals surface area contributed by atoms with Crippen LogP contribution in [0.1, 0.15) is 23.7 Å². The molecule has 6 nitrogen and oxygen atoms in total. The Labute approximate surface area is 85.3 Å². The highest BCUT2D eigenvalue weighted by Crippen LogP contribution is 2.34. The molecule has 0 saturated carbocycles. The summed E-state index contributed by atoms with van der Waals surface area (Å²) in [5.41, 5.74) is 7.45. The maximum absolute atomic E-state index is 11.0. The van der Waals surface area contributed by atoms with Gasteiger partial charge in [0.15, 0.2) is 0 Å². The molecule has 0 saturated heterocycles. The van der Waals surface area contributed by atoms with Crippen molar-refractivity contribution in [1.82, 2.24) is 9.97 Å². The van der Waals surface area contributed by atoms with E-state index in [1.54, 1.807) is 12.5 Å². The largest absolute Gasteiger partial charge is 0.365 e. The molecule has 15 heavy (non-hydrogen) atoms. The van der Waals surface area contributed by atoms with Crippen molar-refractivity contribution in [1.29, 1.82) is 0 Å². The van der Waals surface area contributed by atoms with Crippen LogP contribution in [0.4, 0.5) is 0 Å². The molecule has 6 heteroatoms. The minimum absolute atomic E-state index is 0.0926. The van der Waals surface area contributed by atoms with Gasteiger partial charge in [0, 0.05) is 12.3 Å². The molecular weight excluding hydrogens is 194 g/mol. The van der Waals surface area contributed by atoms with Crippen LogP contribution in [0.3, 0.4) is 0 Å². The van der Waals surface area contributed by atoms with E-state index in [-0.39, 0.29) is 12.1 Å². The molecule has 2 aliphatic heterocycles. The third-order valence-corrected chi connectivity index (χ3v) is 2.77. The van der Waals surface area contributed by atoms with Crippen LogP contribution < -0.4 is 5.73 Å². The highest BCUT2D eigenvalue weighted by molar-refractivity contribution is 6.39. The number of fused-ring (bicyclic) bond motifs is 3. The van der Waals surface area contributed by atoms with Crippen molar-refractivity contribution in [2.24, 2.45) is 15.7 Å². The molecule has 76 valence electrons. The molecule has 2 unspecified atom stereocenters. The lowest BCUT2D eigenvalue weighted by molar-refractivity contribution is -0.112. The Kier molecular flexibility index (Phi) is 1.53. The van der Waals surface area contributed by atoms with E-state index in [4.69, 9.17) is 5.73 Å². The molecule has 0 aromatic carbocycles. The van der Waals surface area contributed by atoms with Gasteiger partial charge in [-0.3, -0.25) is 14.8 Å². The summed E-state index contributed by atoms with van der Waals surface area (Å²) >= 11 is 0. The Bertz CT molecular complexity index is 486. The Hall–Kier alpha value is -1.98. The fourth-order valence-corrected chi connectivity index (χ4v) is 2.03. The molecule has 0 fully saturated rings. The molecular formula is C9H9N5O. The van der Waals surface area contributed by atoms with E-state index in [1.807, 2.05) is 0 Å². The van der Waals surface area contributed by atoms with Crippen LogP contribution in [0.2, 0.25) is 0 Å². The standard InChI is InChI=1S/C9H9N5O/c10-8(15)5-1-4-7-6(12-3-13-7)2-11-9(4)14-5/h2-4,9H,1H2,(H2,10,15)(H,12,13). The number of hydrogen-bond acceptors (Lipinski definition) is 4. The monoisotopic (exact) mass is 203 g/mol. The first-order valence-electron chi connectivity index (χ1n) is 4.68. The first kappa shape index (κ1) is 8.34. The van der Waals surface area contributed by atoms with Crippen molar-refractivity contribution in [2.45, 2.75) is 18.5 Å². The van der Waals surface area contributed by atoms with Crippen molar-refractivity contribution in [3.05, 3.63) is 17.7 Å². The fourth-order valence-electron chi connectivity index (χ4n) is 2.03. The number of carbonyl (C=O) groups is 1. The number of amides is 1. The van der Waals surface area contributed by atoms with Crippen LogP contribution in [0, 0.1) is 0 Å². The van der Waals surface area contributed by atoms with E-state index in [0.717, 1.165) is 11.4 Å². The second kappa shape index (κ2) is 2.75. The molecule has 1 aromatic rings. The third kappa shape index (κ3) is 1.11. The van der Waals surface area contributed by atoms with Crippen molar-refractivity contribution in [3.8, 4) is 0 Å². The number of nitrogens with zero attached hydrogens (tertiary/aromatic N) is 3. The normalized spacial score (nSPS) is 27.1. The Morgan fingerprint density at radius 2 is 2.47 bits per heavy atom. The maximum atomic E-state index is 11.0. The molecule has 3 rings (SSSR count). The van der Waals surface area contributed by atoms with Crippen LogP contribution in [0.5, 0.6) is 0 Å². The number of rotatable bonds is 1. The smallest absolute Gasteiger partial charge is 0.262 e. The Morgan fingerprint density at radius 1 is 1.60 bits per heavy atom. The lowest BCUT2D eigenvalue weighted by Crippen LogP contribution is -2.22. The summed E-state index contributed by atoms with van der Waals surface area (Å²) in [7, 11) is 0. The number of aromatic nitrogens is 2. The van der Waals surface area contributed by atoms with Gasteiger partial charge in [0.05, 0.1) is 18.2 Å². The average Bonchev–Trinajstić information content (AvgIpc) is 2.82. The molecule has 0 aliphatic carbocycles. The highest BCUT2D eigenvalue weighted by Gasteiger charge is 2.36. The summed E-state index contributed by atoms with van der Waals surface area (Å²) in [6, 6.07) is 0. The number of H-pyrrole nitrogens is 1. The molecule has 1 amide bonds. The fraction of sp³-hybridized carbons (Fsp3) is 0.333. The van der Waals surface area contributed by atoms with Crippen LogP contribution in [0.15, 0.2) is 16.3 Å². The summed E-state index contributed by atoms with van der Waals surface area (Å²) in [6.45, 7) is 0. The minimum atomic E-state index is -0.458. The van der Waals surface area contributed by atoms with Gasteiger partial charge in [-0.25, -0.2) is 4.98 Å². The molecule has 3 heterocycles. The predicted octanol–water partition coefficient (Wildman–Crippen LogP) is -0.418. The van der Waals surface area contributed by atoms with Crippen LogP contribution in [0.25, 0.3) is 0 Å². The lowest BCUT2D eigenvalue weighted by Gasteiger charge is -2.16. The van der Waals surface area contributed by atoms with Gasteiger partial charge in [0.1, 0.15) is 17.6 Å². The molecule has 0 radical (unpaired) electrons. The second-order valence-electron chi connectivity index (χ2n) is 3.64. The number of nitrogens with one attached hydrogen (secondary N) is 1. The van der Waals surface area contributed by atoms with Crippen molar-refractivity contribution in [2.75, 3.05) is 0 Å². The topological polar surface area (TPSA) is 96.5 Å². The number of hydrogen-bond donors (Lipinski definition) is 2. The van der Waals surface area contributed by atoms with Gasteiger partial charge in [-0.15, -0.1) is 0 Å². The van der Waals surface area contributed by atoms with Crippen molar-refractivity contribution < 1.29 is 4.79 Å². The second-order valence-corrected chi connectivity index (χ2v) is 3.64. The number of aromatic amines is 1. The van der Waals surface area contributed by atoms with Crippen LogP contribution in [-0.4, -0.2) is 34.0 Å². The first-order valence-corrected chi connectivity index (χ1v) is 4.68. The van der Waals surface area contributed by atoms with Gasteiger partial charge in [0.2, 0.25) is 0 Å². The Balaban J connectivity index is 2.00. The summed E-state index contributed by atoms with van der Waals surface area (Å²) in [6.07, 6.45) is 3.65. The van der Waals surface area contributed by atoms with Crippen LogP contribution in [-0.2, 0) is 4.79 Å². The van der Waals surface area contributed by atoms with Gasteiger partial charge in [0.25, 0.3) is 5.91 Å².